The average Bonchev–Trinajstić information content (AvgIpc) is 2.35. The minimum Gasteiger partial charge on any atom is -0.481 e. The van der Waals surface area contributed by atoms with Gasteiger partial charge in [0.15, 0.2) is 0 Å². The summed E-state index contributed by atoms with van der Waals surface area (Å²) >= 11 is 0. The predicted octanol–water partition coefficient (Wildman–Crippen LogP) is 2.46. The van der Waals surface area contributed by atoms with Crippen molar-refractivity contribution in [1.82, 2.24) is 4.98 Å². The minimum absolute atomic E-state index is 0.369. The van der Waals surface area contributed by atoms with Crippen LogP contribution in [-0.2, 0) is 24.1 Å². The number of carboxylic acid groups (broad SMARTS) is 1. The first-order valence-corrected chi connectivity index (χ1v) is 6.50. The zero-order valence-corrected chi connectivity index (χ0v) is 9.91. The molecule has 2 aliphatic rings. The van der Waals surface area contributed by atoms with Gasteiger partial charge in [0.25, 0.3) is 0 Å². The third kappa shape index (κ3) is 1.84. The van der Waals surface area contributed by atoms with Gasteiger partial charge < -0.3 is 5.11 Å². The SMILES string of the molecule is O=C(O)C1CCCc2cc3c(nc21)CCCC3. The Morgan fingerprint density at radius 3 is 2.76 bits per heavy atom. The smallest absolute Gasteiger partial charge is 0.312 e. The maximum Gasteiger partial charge on any atom is 0.312 e. The molecule has 1 heterocycles. The summed E-state index contributed by atoms with van der Waals surface area (Å²) in [6.07, 6.45) is 7.30. The van der Waals surface area contributed by atoms with Crippen molar-refractivity contribution >= 4 is 5.97 Å². The first-order chi connectivity index (χ1) is 8.25. The molecular weight excluding hydrogens is 214 g/mol. The average molecular weight is 231 g/mol. The highest BCUT2D eigenvalue weighted by Gasteiger charge is 2.29. The normalized spacial score (nSPS) is 22.7. The molecule has 17 heavy (non-hydrogen) atoms. The summed E-state index contributed by atoms with van der Waals surface area (Å²) < 4.78 is 0. The molecule has 0 saturated carbocycles. The first kappa shape index (κ1) is 10.8. The Morgan fingerprint density at radius 2 is 1.94 bits per heavy atom. The van der Waals surface area contributed by atoms with Gasteiger partial charge in [0.2, 0.25) is 0 Å². The second-order valence-electron chi connectivity index (χ2n) is 5.13. The van der Waals surface area contributed by atoms with Gasteiger partial charge in [0, 0.05) is 5.69 Å². The molecule has 1 N–H and O–H groups in total. The summed E-state index contributed by atoms with van der Waals surface area (Å²) in [5.74, 6) is -1.08. The van der Waals surface area contributed by atoms with Crippen LogP contribution in [0.3, 0.4) is 0 Å². The molecule has 1 aromatic rings. The van der Waals surface area contributed by atoms with Crippen molar-refractivity contribution in [1.29, 1.82) is 0 Å². The molecule has 2 aliphatic carbocycles. The van der Waals surface area contributed by atoms with E-state index in [0.717, 1.165) is 43.5 Å². The predicted molar refractivity (Wildman–Crippen MR) is 64.2 cm³/mol. The van der Waals surface area contributed by atoms with Crippen LogP contribution in [0.15, 0.2) is 6.07 Å². The Hall–Kier alpha value is -1.38. The van der Waals surface area contributed by atoms with E-state index in [1.54, 1.807) is 0 Å². The number of hydrogen-bond acceptors (Lipinski definition) is 2. The summed E-state index contributed by atoms with van der Waals surface area (Å²) in [5.41, 5.74) is 4.55. The van der Waals surface area contributed by atoms with Gasteiger partial charge in [-0.1, -0.05) is 6.07 Å². The summed E-state index contributed by atoms with van der Waals surface area (Å²) in [4.78, 5) is 15.9. The van der Waals surface area contributed by atoms with Crippen LogP contribution in [0.4, 0.5) is 0 Å². The van der Waals surface area contributed by atoms with E-state index in [9.17, 15) is 9.90 Å². The van der Waals surface area contributed by atoms with Gasteiger partial charge in [-0.25, -0.2) is 0 Å². The number of rotatable bonds is 1. The molecule has 0 amide bonds. The number of aryl methyl sites for hydroxylation is 3. The van der Waals surface area contributed by atoms with Crippen molar-refractivity contribution in [3.63, 3.8) is 0 Å². The van der Waals surface area contributed by atoms with Gasteiger partial charge in [0.1, 0.15) is 0 Å². The standard InChI is InChI=1S/C14H17NO2/c16-14(17)11-6-3-5-10-8-9-4-1-2-7-12(9)15-13(10)11/h8,11H,1-7H2,(H,16,17). The van der Waals surface area contributed by atoms with Gasteiger partial charge in [0.05, 0.1) is 11.6 Å². The number of fused-ring (bicyclic) bond motifs is 2. The summed E-state index contributed by atoms with van der Waals surface area (Å²) in [7, 11) is 0. The first-order valence-electron chi connectivity index (χ1n) is 6.50. The molecule has 3 nitrogen and oxygen atoms in total. The monoisotopic (exact) mass is 231 g/mol. The van der Waals surface area contributed by atoms with E-state index >= 15 is 0 Å². The van der Waals surface area contributed by atoms with Gasteiger partial charge in [-0.05, 0) is 56.1 Å². The number of carboxylic acids is 1. The second kappa shape index (κ2) is 4.13. The van der Waals surface area contributed by atoms with E-state index in [1.165, 1.54) is 24.0 Å². The number of hydrogen-bond donors (Lipinski definition) is 1. The van der Waals surface area contributed by atoms with E-state index in [4.69, 9.17) is 0 Å². The van der Waals surface area contributed by atoms with Crippen LogP contribution in [0.5, 0.6) is 0 Å². The zero-order valence-electron chi connectivity index (χ0n) is 9.91. The van der Waals surface area contributed by atoms with E-state index in [1.807, 2.05) is 0 Å². The number of aliphatic carboxylic acids is 1. The summed E-state index contributed by atoms with van der Waals surface area (Å²) in [6.45, 7) is 0. The lowest BCUT2D eigenvalue weighted by molar-refractivity contribution is -0.139. The highest BCUT2D eigenvalue weighted by atomic mass is 16.4. The van der Waals surface area contributed by atoms with Gasteiger partial charge in [-0.2, -0.15) is 0 Å². The summed E-state index contributed by atoms with van der Waals surface area (Å²) in [6, 6.07) is 2.23. The van der Waals surface area contributed by atoms with E-state index < -0.39 is 5.97 Å². The molecule has 0 saturated heterocycles. The zero-order chi connectivity index (χ0) is 11.8. The highest BCUT2D eigenvalue weighted by molar-refractivity contribution is 5.76. The number of carbonyl (C=O) groups is 1. The molecule has 3 heteroatoms. The molecule has 0 fully saturated rings. The largest absolute Gasteiger partial charge is 0.481 e. The molecule has 0 aromatic carbocycles. The van der Waals surface area contributed by atoms with Gasteiger partial charge >= 0.3 is 5.97 Å². The molecule has 3 rings (SSSR count). The lowest BCUT2D eigenvalue weighted by Gasteiger charge is -2.25. The van der Waals surface area contributed by atoms with Crippen LogP contribution >= 0.6 is 0 Å². The Labute approximate surface area is 101 Å². The van der Waals surface area contributed by atoms with Gasteiger partial charge in [-0.15, -0.1) is 0 Å². The number of nitrogens with zero attached hydrogens (tertiary/aromatic N) is 1. The highest BCUT2D eigenvalue weighted by Crippen LogP contribution is 2.33. The molecule has 1 atom stereocenters. The Kier molecular flexibility index (Phi) is 2.61. The van der Waals surface area contributed by atoms with E-state index in [0.29, 0.717) is 0 Å². The Bertz CT molecular complexity index is 468. The van der Waals surface area contributed by atoms with Crippen molar-refractivity contribution in [2.75, 3.05) is 0 Å². The molecule has 0 aliphatic heterocycles. The lowest BCUT2D eigenvalue weighted by atomic mass is 9.84. The maximum atomic E-state index is 11.2. The quantitative estimate of drug-likeness (QED) is 0.807. The fraction of sp³-hybridized carbons (Fsp3) is 0.571. The van der Waals surface area contributed by atoms with Gasteiger partial charge in [-0.3, -0.25) is 9.78 Å². The molecule has 0 spiro atoms. The minimum atomic E-state index is -0.714. The van der Waals surface area contributed by atoms with Crippen molar-refractivity contribution in [3.05, 3.63) is 28.6 Å². The molecular formula is C14H17NO2. The third-order valence-corrected chi connectivity index (χ3v) is 3.98. The Morgan fingerprint density at radius 1 is 1.18 bits per heavy atom. The fourth-order valence-electron chi connectivity index (χ4n) is 3.07. The van der Waals surface area contributed by atoms with E-state index in [-0.39, 0.29) is 5.92 Å². The topological polar surface area (TPSA) is 50.2 Å². The van der Waals surface area contributed by atoms with Crippen molar-refractivity contribution < 1.29 is 9.90 Å². The number of aromatic nitrogens is 1. The van der Waals surface area contributed by atoms with Crippen LogP contribution in [0.1, 0.15) is 54.1 Å². The lowest BCUT2D eigenvalue weighted by Crippen LogP contribution is -2.21. The fourth-order valence-corrected chi connectivity index (χ4v) is 3.07. The van der Waals surface area contributed by atoms with Crippen LogP contribution < -0.4 is 0 Å². The van der Waals surface area contributed by atoms with Crippen LogP contribution in [0, 0.1) is 0 Å². The van der Waals surface area contributed by atoms with Crippen molar-refractivity contribution in [2.24, 2.45) is 0 Å². The Balaban J connectivity index is 2.07. The maximum absolute atomic E-state index is 11.2. The number of pyridine rings is 1. The second-order valence-corrected chi connectivity index (χ2v) is 5.13. The van der Waals surface area contributed by atoms with E-state index in [2.05, 4.69) is 11.1 Å². The molecule has 0 radical (unpaired) electrons. The molecule has 1 aromatic heterocycles. The van der Waals surface area contributed by atoms with Crippen LogP contribution in [0.25, 0.3) is 0 Å². The molecule has 90 valence electrons. The molecule has 1 unspecified atom stereocenters. The van der Waals surface area contributed by atoms with Crippen molar-refractivity contribution in [3.8, 4) is 0 Å². The molecule has 0 bridgehead atoms. The van der Waals surface area contributed by atoms with Crippen LogP contribution in [-0.4, -0.2) is 16.1 Å². The summed E-state index contributed by atoms with van der Waals surface area (Å²) in [5, 5.41) is 9.25. The van der Waals surface area contributed by atoms with Crippen molar-refractivity contribution in [2.45, 2.75) is 50.9 Å². The third-order valence-electron chi connectivity index (χ3n) is 3.98. The van der Waals surface area contributed by atoms with Crippen LogP contribution in [0.2, 0.25) is 0 Å².